The molecular weight excluding hydrogens is 212 g/mol. The lowest BCUT2D eigenvalue weighted by Gasteiger charge is -2.11. The molecule has 0 heterocycles. The van der Waals surface area contributed by atoms with Crippen LogP contribution in [0.3, 0.4) is 0 Å². The molecule has 2 nitrogen and oxygen atoms in total. The fraction of sp³-hybridized carbons (Fsp3) is 0.400. The van der Waals surface area contributed by atoms with Gasteiger partial charge in [-0.15, -0.1) is 0 Å². The summed E-state index contributed by atoms with van der Waals surface area (Å²) >= 11 is 0. The van der Waals surface area contributed by atoms with E-state index in [2.05, 4.69) is 19.1 Å². The van der Waals surface area contributed by atoms with Gasteiger partial charge >= 0.3 is 5.97 Å². The van der Waals surface area contributed by atoms with Crippen LogP contribution in [0.5, 0.6) is 0 Å². The highest BCUT2D eigenvalue weighted by Crippen LogP contribution is 2.21. The second-order valence-electron chi connectivity index (χ2n) is 4.14. The number of benzene rings is 1. The van der Waals surface area contributed by atoms with Crippen molar-refractivity contribution in [2.75, 3.05) is 0 Å². The average molecular weight is 232 g/mol. The Morgan fingerprint density at radius 1 is 1.24 bits per heavy atom. The standard InChI is InChI=1S/C15H20O2/c1-2-3-4-5-9-12-14(15(16)17)13-10-7-6-8-11-13/h4-8,10-11,14H,2-3,9,12H2,1H3,(H,16,17). The molecule has 1 aromatic carbocycles. The van der Waals surface area contributed by atoms with Crippen molar-refractivity contribution in [3.8, 4) is 0 Å². The predicted molar refractivity (Wildman–Crippen MR) is 70.1 cm³/mol. The summed E-state index contributed by atoms with van der Waals surface area (Å²) in [7, 11) is 0. The van der Waals surface area contributed by atoms with Crippen molar-refractivity contribution >= 4 is 5.97 Å². The van der Waals surface area contributed by atoms with Gasteiger partial charge in [0.05, 0.1) is 5.92 Å². The van der Waals surface area contributed by atoms with Crippen LogP contribution in [0.25, 0.3) is 0 Å². The average Bonchev–Trinajstić information content (AvgIpc) is 2.34. The number of carboxylic acids is 1. The van der Waals surface area contributed by atoms with Gasteiger partial charge < -0.3 is 5.11 Å². The highest BCUT2D eigenvalue weighted by atomic mass is 16.4. The summed E-state index contributed by atoms with van der Waals surface area (Å²) in [5.74, 6) is -1.12. The number of unbranched alkanes of at least 4 members (excludes halogenated alkanes) is 1. The van der Waals surface area contributed by atoms with Gasteiger partial charge in [0.2, 0.25) is 0 Å². The van der Waals surface area contributed by atoms with Crippen molar-refractivity contribution in [3.63, 3.8) is 0 Å². The first-order valence-corrected chi connectivity index (χ1v) is 6.18. The van der Waals surface area contributed by atoms with Crippen LogP contribution in [0.15, 0.2) is 42.5 Å². The van der Waals surface area contributed by atoms with Crippen LogP contribution in [0.1, 0.15) is 44.1 Å². The van der Waals surface area contributed by atoms with Crippen LogP contribution in [-0.4, -0.2) is 11.1 Å². The van der Waals surface area contributed by atoms with E-state index >= 15 is 0 Å². The largest absolute Gasteiger partial charge is 0.481 e. The molecule has 0 spiro atoms. The number of rotatable bonds is 7. The molecule has 1 atom stereocenters. The van der Waals surface area contributed by atoms with Gasteiger partial charge in [0.1, 0.15) is 0 Å². The number of allylic oxidation sites excluding steroid dienone is 2. The van der Waals surface area contributed by atoms with Gasteiger partial charge in [-0.1, -0.05) is 55.8 Å². The maximum atomic E-state index is 11.2. The molecule has 1 aromatic rings. The Balaban J connectivity index is 2.54. The molecule has 92 valence electrons. The van der Waals surface area contributed by atoms with Crippen LogP contribution >= 0.6 is 0 Å². The molecule has 0 radical (unpaired) electrons. The SMILES string of the molecule is CCCC=CCCC(C(=O)O)c1ccccc1. The Morgan fingerprint density at radius 3 is 2.47 bits per heavy atom. The summed E-state index contributed by atoms with van der Waals surface area (Å²) in [6.07, 6.45) is 7.92. The van der Waals surface area contributed by atoms with E-state index in [1.165, 1.54) is 0 Å². The third-order valence-corrected chi connectivity index (χ3v) is 2.74. The molecule has 0 amide bonds. The van der Waals surface area contributed by atoms with Crippen molar-refractivity contribution in [2.45, 2.75) is 38.5 Å². The first kappa shape index (κ1) is 13.5. The first-order valence-electron chi connectivity index (χ1n) is 6.18. The third kappa shape index (κ3) is 4.85. The summed E-state index contributed by atoms with van der Waals surface area (Å²) < 4.78 is 0. The Labute approximate surface area is 103 Å². The topological polar surface area (TPSA) is 37.3 Å². The minimum Gasteiger partial charge on any atom is -0.481 e. The van der Waals surface area contributed by atoms with E-state index in [1.54, 1.807) is 0 Å². The van der Waals surface area contributed by atoms with E-state index < -0.39 is 5.97 Å². The second kappa shape index (κ2) is 7.66. The van der Waals surface area contributed by atoms with Gasteiger partial charge in [0, 0.05) is 0 Å². The fourth-order valence-corrected chi connectivity index (χ4v) is 1.78. The highest BCUT2D eigenvalue weighted by Gasteiger charge is 2.18. The third-order valence-electron chi connectivity index (χ3n) is 2.74. The van der Waals surface area contributed by atoms with E-state index in [0.717, 1.165) is 24.8 Å². The molecule has 2 heteroatoms. The minimum absolute atomic E-state index is 0.387. The predicted octanol–water partition coefficient (Wildman–Crippen LogP) is 3.99. The lowest BCUT2D eigenvalue weighted by molar-refractivity contribution is -0.138. The van der Waals surface area contributed by atoms with Gasteiger partial charge in [-0.25, -0.2) is 0 Å². The minimum atomic E-state index is -0.736. The zero-order chi connectivity index (χ0) is 12.5. The zero-order valence-corrected chi connectivity index (χ0v) is 10.3. The van der Waals surface area contributed by atoms with Crippen molar-refractivity contribution < 1.29 is 9.90 Å². The van der Waals surface area contributed by atoms with E-state index in [0.29, 0.717) is 6.42 Å². The Hall–Kier alpha value is -1.57. The molecule has 0 fully saturated rings. The summed E-state index contributed by atoms with van der Waals surface area (Å²) in [5.41, 5.74) is 0.892. The van der Waals surface area contributed by atoms with Crippen molar-refractivity contribution in [1.82, 2.24) is 0 Å². The Kier molecular flexibility index (Phi) is 6.08. The molecule has 0 aliphatic carbocycles. The lowest BCUT2D eigenvalue weighted by Crippen LogP contribution is -2.11. The first-order chi connectivity index (χ1) is 8.25. The lowest BCUT2D eigenvalue weighted by atomic mass is 9.94. The van der Waals surface area contributed by atoms with Crippen LogP contribution in [0, 0.1) is 0 Å². The fourth-order valence-electron chi connectivity index (χ4n) is 1.78. The molecule has 0 bridgehead atoms. The molecule has 1 rings (SSSR count). The summed E-state index contributed by atoms with van der Waals surface area (Å²) in [6.45, 7) is 2.13. The van der Waals surface area contributed by atoms with Crippen molar-refractivity contribution in [3.05, 3.63) is 48.0 Å². The Morgan fingerprint density at radius 2 is 1.88 bits per heavy atom. The van der Waals surface area contributed by atoms with Crippen LogP contribution in [0.4, 0.5) is 0 Å². The monoisotopic (exact) mass is 232 g/mol. The molecule has 0 aliphatic heterocycles. The molecule has 17 heavy (non-hydrogen) atoms. The molecular formula is C15H20O2. The quantitative estimate of drug-likeness (QED) is 0.722. The number of aliphatic carboxylic acids is 1. The Bertz CT molecular complexity index is 354. The zero-order valence-electron chi connectivity index (χ0n) is 10.3. The van der Waals surface area contributed by atoms with Crippen LogP contribution in [-0.2, 0) is 4.79 Å². The molecule has 0 aromatic heterocycles. The van der Waals surface area contributed by atoms with Crippen LogP contribution < -0.4 is 0 Å². The van der Waals surface area contributed by atoms with Gasteiger partial charge in [0.15, 0.2) is 0 Å². The summed E-state index contributed by atoms with van der Waals surface area (Å²) in [5, 5.41) is 9.21. The van der Waals surface area contributed by atoms with Gasteiger partial charge in [-0.3, -0.25) is 4.79 Å². The summed E-state index contributed by atoms with van der Waals surface area (Å²) in [6, 6.07) is 9.45. The maximum absolute atomic E-state index is 11.2. The second-order valence-corrected chi connectivity index (χ2v) is 4.14. The number of carbonyl (C=O) groups is 1. The van der Waals surface area contributed by atoms with E-state index in [1.807, 2.05) is 30.3 Å². The molecule has 0 aliphatic rings. The molecule has 0 saturated heterocycles. The van der Waals surface area contributed by atoms with Gasteiger partial charge in [-0.2, -0.15) is 0 Å². The molecule has 0 saturated carbocycles. The van der Waals surface area contributed by atoms with Gasteiger partial charge in [-0.05, 0) is 24.8 Å². The van der Waals surface area contributed by atoms with Crippen molar-refractivity contribution in [2.24, 2.45) is 0 Å². The van der Waals surface area contributed by atoms with E-state index in [-0.39, 0.29) is 5.92 Å². The summed E-state index contributed by atoms with van der Waals surface area (Å²) in [4.78, 5) is 11.2. The van der Waals surface area contributed by atoms with Crippen molar-refractivity contribution in [1.29, 1.82) is 0 Å². The molecule has 1 unspecified atom stereocenters. The highest BCUT2D eigenvalue weighted by molar-refractivity contribution is 5.76. The van der Waals surface area contributed by atoms with E-state index in [9.17, 15) is 9.90 Å². The number of hydrogen-bond donors (Lipinski definition) is 1. The number of hydrogen-bond acceptors (Lipinski definition) is 1. The van der Waals surface area contributed by atoms with E-state index in [4.69, 9.17) is 0 Å². The molecule has 1 N–H and O–H groups in total. The number of carboxylic acid groups (broad SMARTS) is 1. The maximum Gasteiger partial charge on any atom is 0.310 e. The van der Waals surface area contributed by atoms with Gasteiger partial charge in [0.25, 0.3) is 0 Å². The normalized spacial score (nSPS) is 12.8. The van der Waals surface area contributed by atoms with Crippen LogP contribution in [0.2, 0.25) is 0 Å². The smallest absolute Gasteiger partial charge is 0.310 e.